The van der Waals surface area contributed by atoms with Crippen LogP contribution in [0, 0.1) is 5.82 Å². The second-order valence-corrected chi connectivity index (χ2v) is 6.42. The first-order valence-corrected chi connectivity index (χ1v) is 7.90. The predicted octanol–water partition coefficient (Wildman–Crippen LogP) is 3.45. The van der Waals surface area contributed by atoms with Crippen LogP contribution in [-0.4, -0.2) is 41.5 Å². The largest absolute Gasteiger partial charge is 0.298 e. The second kappa shape index (κ2) is 5.82. The Morgan fingerprint density at radius 3 is 2.90 bits per heavy atom. The second-order valence-electron chi connectivity index (χ2n) is 6.42. The molecule has 3 unspecified atom stereocenters. The van der Waals surface area contributed by atoms with Crippen LogP contribution in [0.3, 0.4) is 0 Å². The van der Waals surface area contributed by atoms with Gasteiger partial charge in [-0.15, -0.1) is 0 Å². The highest BCUT2D eigenvalue weighted by atomic mass is 19.1. The molecule has 1 aromatic rings. The predicted molar refractivity (Wildman–Crippen MR) is 80.2 cm³/mol. The van der Waals surface area contributed by atoms with E-state index in [2.05, 4.69) is 23.6 Å². The average Bonchev–Trinajstić information content (AvgIpc) is 2.46. The molecule has 2 nitrogen and oxygen atoms in total. The van der Waals surface area contributed by atoms with Crippen LogP contribution in [0.15, 0.2) is 24.3 Å². The molecule has 1 aromatic carbocycles. The van der Waals surface area contributed by atoms with E-state index in [-0.39, 0.29) is 5.82 Å². The molecular formula is C17H25FN2. The average molecular weight is 276 g/mol. The summed E-state index contributed by atoms with van der Waals surface area (Å²) in [4.78, 5) is 5.21. The van der Waals surface area contributed by atoms with Crippen molar-refractivity contribution in [2.75, 3.05) is 19.6 Å². The Morgan fingerprint density at radius 2 is 2.10 bits per heavy atom. The number of rotatable bonds is 2. The molecule has 2 aliphatic heterocycles. The summed E-state index contributed by atoms with van der Waals surface area (Å²) in [5.74, 6) is -0.127. The lowest BCUT2D eigenvalue weighted by molar-refractivity contribution is -0.00464. The summed E-state index contributed by atoms with van der Waals surface area (Å²) < 4.78 is 13.4. The van der Waals surface area contributed by atoms with Gasteiger partial charge in [0.15, 0.2) is 0 Å². The molecule has 110 valence electrons. The number of piperidine rings is 1. The Morgan fingerprint density at radius 1 is 1.25 bits per heavy atom. The van der Waals surface area contributed by atoms with Gasteiger partial charge in [0.25, 0.3) is 0 Å². The Labute approximate surface area is 121 Å². The first-order chi connectivity index (χ1) is 9.65. The fourth-order valence-electron chi connectivity index (χ4n) is 3.87. The summed E-state index contributed by atoms with van der Waals surface area (Å²) in [5, 5.41) is 0. The molecule has 20 heavy (non-hydrogen) atoms. The molecule has 2 fully saturated rings. The smallest absolute Gasteiger partial charge is 0.123 e. The van der Waals surface area contributed by atoms with Gasteiger partial charge in [-0.25, -0.2) is 4.39 Å². The SMILES string of the molecule is CC1CN2CCCCC2CN1C(C)c1cccc(F)c1. The summed E-state index contributed by atoms with van der Waals surface area (Å²) in [5.41, 5.74) is 1.10. The number of hydrogen-bond acceptors (Lipinski definition) is 2. The topological polar surface area (TPSA) is 6.48 Å². The van der Waals surface area contributed by atoms with E-state index < -0.39 is 0 Å². The molecule has 3 heteroatoms. The lowest BCUT2D eigenvalue weighted by Crippen LogP contribution is -2.58. The number of hydrogen-bond donors (Lipinski definition) is 0. The number of benzene rings is 1. The molecule has 2 heterocycles. The van der Waals surface area contributed by atoms with Crippen LogP contribution in [0.25, 0.3) is 0 Å². The van der Waals surface area contributed by atoms with E-state index in [0.717, 1.165) is 18.7 Å². The van der Waals surface area contributed by atoms with Gasteiger partial charge in [-0.2, -0.15) is 0 Å². The quantitative estimate of drug-likeness (QED) is 0.816. The molecule has 2 saturated heterocycles. The summed E-state index contributed by atoms with van der Waals surface area (Å²) in [7, 11) is 0. The Kier molecular flexibility index (Phi) is 4.08. The Bertz CT molecular complexity index is 462. The zero-order chi connectivity index (χ0) is 14.1. The maximum Gasteiger partial charge on any atom is 0.123 e. The minimum atomic E-state index is -0.127. The minimum Gasteiger partial charge on any atom is -0.298 e. The van der Waals surface area contributed by atoms with Crippen molar-refractivity contribution in [3.05, 3.63) is 35.6 Å². The fourth-order valence-corrected chi connectivity index (χ4v) is 3.87. The van der Waals surface area contributed by atoms with Gasteiger partial charge in [0.1, 0.15) is 5.82 Å². The van der Waals surface area contributed by atoms with Gasteiger partial charge in [-0.3, -0.25) is 9.80 Å². The van der Waals surface area contributed by atoms with E-state index in [1.807, 2.05) is 12.1 Å². The van der Waals surface area contributed by atoms with Gasteiger partial charge in [0, 0.05) is 31.2 Å². The van der Waals surface area contributed by atoms with Crippen molar-refractivity contribution < 1.29 is 4.39 Å². The van der Waals surface area contributed by atoms with Crippen molar-refractivity contribution in [1.29, 1.82) is 0 Å². The first-order valence-electron chi connectivity index (χ1n) is 7.90. The number of fused-ring (bicyclic) bond motifs is 1. The number of halogens is 1. The maximum absolute atomic E-state index is 13.4. The summed E-state index contributed by atoms with van der Waals surface area (Å²) >= 11 is 0. The molecule has 0 aliphatic carbocycles. The van der Waals surface area contributed by atoms with Crippen molar-refractivity contribution in [2.24, 2.45) is 0 Å². The number of nitrogens with zero attached hydrogens (tertiary/aromatic N) is 2. The molecule has 0 radical (unpaired) electrons. The molecular weight excluding hydrogens is 251 g/mol. The van der Waals surface area contributed by atoms with E-state index in [0.29, 0.717) is 18.1 Å². The highest BCUT2D eigenvalue weighted by molar-refractivity contribution is 5.20. The van der Waals surface area contributed by atoms with Crippen LogP contribution >= 0.6 is 0 Å². The molecule has 0 spiro atoms. The molecule has 3 atom stereocenters. The molecule has 3 rings (SSSR count). The third-order valence-electron chi connectivity index (χ3n) is 5.06. The minimum absolute atomic E-state index is 0.127. The van der Waals surface area contributed by atoms with Gasteiger partial charge in [0.2, 0.25) is 0 Å². The van der Waals surface area contributed by atoms with Crippen molar-refractivity contribution in [1.82, 2.24) is 9.80 Å². The lowest BCUT2D eigenvalue weighted by atomic mass is 9.94. The van der Waals surface area contributed by atoms with Gasteiger partial charge in [0.05, 0.1) is 0 Å². The van der Waals surface area contributed by atoms with Gasteiger partial charge >= 0.3 is 0 Å². The van der Waals surface area contributed by atoms with Crippen LogP contribution in [-0.2, 0) is 0 Å². The highest BCUT2D eigenvalue weighted by Gasteiger charge is 2.35. The van der Waals surface area contributed by atoms with Gasteiger partial charge in [-0.1, -0.05) is 18.6 Å². The Hall–Kier alpha value is -0.930. The van der Waals surface area contributed by atoms with E-state index in [4.69, 9.17) is 0 Å². The van der Waals surface area contributed by atoms with Crippen molar-refractivity contribution >= 4 is 0 Å². The van der Waals surface area contributed by atoms with Gasteiger partial charge in [-0.05, 0) is 50.9 Å². The maximum atomic E-state index is 13.4. The van der Waals surface area contributed by atoms with E-state index in [9.17, 15) is 4.39 Å². The van der Waals surface area contributed by atoms with E-state index in [1.165, 1.54) is 31.9 Å². The van der Waals surface area contributed by atoms with Crippen molar-refractivity contribution in [3.63, 3.8) is 0 Å². The number of piperazine rings is 1. The third-order valence-corrected chi connectivity index (χ3v) is 5.06. The summed E-state index contributed by atoms with van der Waals surface area (Å²) in [6.45, 7) is 8.06. The molecule has 0 N–H and O–H groups in total. The van der Waals surface area contributed by atoms with Crippen molar-refractivity contribution in [3.8, 4) is 0 Å². The standard InChI is InChI=1S/C17H25FN2/c1-13-11-19-9-4-3-8-17(19)12-20(13)14(2)15-6-5-7-16(18)10-15/h5-7,10,13-14,17H,3-4,8-9,11-12H2,1-2H3. The van der Waals surface area contributed by atoms with Crippen LogP contribution in [0.2, 0.25) is 0 Å². The zero-order valence-corrected chi connectivity index (χ0v) is 12.6. The van der Waals surface area contributed by atoms with Gasteiger partial charge < -0.3 is 0 Å². The molecule has 2 aliphatic rings. The normalized spacial score (nSPS) is 29.9. The Balaban J connectivity index is 1.75. The highest BCUT2D eigenvalue weighted by Crippen LogP contribution is 2.30. The molecule has 0 bridgehead atoms. The van der Waals surface area contributed by atoms with Crippen LogP contribution in [0.5, 0.6) is 0 Å². The van der Waals surface area contributed by atoms with Crippen LogP contribution in [0.1, 0.15) is 44.7 Å². The molecule has 0 aromatic heterocycles. The summed E-state index contributed by atoms with van der Waals surface area (Å²) in [6.07, 6.45) is 4.03. The van der Waals surface area contributed by atoms with Crippen LogP contribution in [0.4, 0.5) is 4.39 Å². The fraction of sp³-hybridized carbons (Fsp3) is 0.647. The third kappa shape index (κ3) is 2.75. The van der Waals surface area contributed by atoms with Crippen LogP contribution < -0.4 is 0 Å². The first kappa shape index (κ1) is 14.0. The zero-order valence-electron chi connectivity index (χ0n) is 12.6. The molecule has 0 saturated carbocycles. The summed E-state index contributed by atoms with van der Waals surface area (Å²) in [6, 6.07) is 8.63. The van der Waals surface area contributed by atoms with Crippen molar-refractivity contribution in [2.45, 2.75) is 51.2 Å². The molecule has 0 amide bonds. The monoisotopic (exact) mass is 276 g/mol. The lowest BCUT2D eigenvalue weighted by Gasteiger charge is -2.49. The van der Waals surface area contributed by atoms with E-state index in [1.54, 1.807) is 6.07 Å². The van der Waals surface area contributed by atoms with E-state index >= 15 is 0 Å².